The number of imidazole rings is 1. The van der Waals surface area contributed by atoms with Crippen LogP contribution in [0.3, 0.4) is 0 Å². The van der Waals surface area contributed by atoms with Crippen molar-refractivity contribution >= 4 is 9.84 Å². The summed E-state index contributed by atoms with van der Waals surface area (Å²) in [4.78, 5) is 4.22. The van der Waals surface area contributed by atoms with E-state index in [1.165, 1.54) is 0 Å². The molecule has 2 aliphatic rings. The van der Waals surface area contributed by atoms with Crippen LogP contribution in [0.2, 0.25) is 0 Å². The summed E-state index contributed by atoms with van der Waals surface area (Å²) in [5.41, 5.74) is 7.35. The Morgan fingerprint density at radius 2 is 2.10 bits per heavy atom. The lowest BCUT2D eigenvalue weighted by molar-refractivity contribution is 0.180. The first kappa shape index (κ1) is 14.0. The molecule has 1 aromatic rings. The second kappa shape index (κ2) is 5.46. The molecule has 0 amide bonds. The molecule has 2 unspecified atom stereocenters. The number of hydrogen-bond donors (Lipinski definition) is 1. The Bertz CT molecular complexity index is 549. The minimum absolute atomic E-state index is 0.0847. The van der Waals surface area contributed by atoms with Crippen molar-refractivity contribution in [3.63, 3.8) is 0 Å². The van der Waals surface area contributed by atoms with Crippen molar-refractivity contribution in [1.29, 1.82) is 0 Å². The summed E-state index contributed by atoms with van der Waals surface area (Å²) in [6.07, 6.45) is 5.88. The molecule has 0 aliphatic carbocycles. The summed E-state index contributed by atoms with van der Waals surface area (Å²) in [6, 6.07) is 0.114. The summed E-state index contributed by atoms with van der Waals surface area (Å²) in [6.45, 7) is 1.47. The molecule has 2 saturated heterocycles. The van der Waals surface area contributed by atoms with Crippen LogP contribution in [0.1, 0.15) is 37.0 Å². The van der Waals surface area contributed by atoms with E-state index in [1.54, 1.807) is 6.33 Å². The predicted molar refractivity (Wildman–Crippen MR) is 75.0 cm³/mol. The van der Waals surface area contributed by atoms with Gasteiger partial charge in [-0.1, -0.05) is 0 Å². The summed E-state index contributed by atoms with van der Waals surface area (Å²) in [5.74, 6) is 0.853. The zero-order valence-corrected chi connectivity index (χ0v) is 12.3. The Labute approximate surface area is 119 Å². The van der Waals surface area contributed by atoms with Crippen molar-refractivity contribution in [1.82, 2.24) is 9.55 Å². The molecule has 0 aromatic carbocycles. The first-order valence-corrected chi connectivity index (χ1v) is 8.94. The summed E-state index contributed by atoms with van der Waals surface area (Å²) >= 11 is 0. The van der Waals surface area contributed by atoms with Gasteiger partial charge in [-0.25, -0.2) is 13.4 Å². The van der Waals surface area contributed by atoms with E-state index in [1.807, 2.05) is 6.20 Å². The van der Waals surface area contributed by atoms with E-state index in [0.717, 1.165) is 18.7 Å². The molecule has 0 radical (unpaired) electrons. The lowest BCUT2D eigenvalue weighted by atomic mass is 9.97. The predicted octanol–water partition coefficient (Wildman–Crippen LogP) is 0.669. The normalized spacial score (nSPS) is 28.6. The molecule has 2 N–H and O–H groups in total. The molecule has 2 aliphatic heterocycles. The average molecular weight is 299 g/mol. The van der Waals surface area contributed by atoms with Crippen LogP contribution in [-0.4, -0.2) is 42.7 Å². The number of rotatable bonds is 3. The van der Waals surface area contributed by atoms with E-state index < -0.39 is 9.84 Å². The Morgan fingerprint density at radius 1 is 1.35 bits per heavy atom. The quantitative estimate of drug-likeness (QED) is 0.886. The van der Waals surface area contributed by atoms with Gasteiger partial charge in [-0.2, -0.15) is 0 Å². The van der Waals surface area contributed by atoms with Gasteiger partial charge in [0.25, 0.3) is 0 Å². The monoisotopic (exact) mass is 299 g/mol. The summed E-state index contributed by atoms with van der Waals surface area (Å²) < 4.78 is 30.5. The molecule has 1 aromatic heterocycles. The van der Waals surface area contributed by atoms with Crippen LogP contribution in [0.5, 0.6) is 0 Å². The van der Waals surface area contributed by atoms with Gasteiger partial charge in [0.15, 0.2) is 0 Å². The molecule has 7 heteroatoms. The van der Waals surface area contributed by atoms with Crippen LogP contribution in [0.4, 0.5) is 0 Å². The first-order valence-electron chi connectivity index (χ1n) is 7.12. The van der Waals surface area contributed by atoms with E-state index in [0.29, 0.717) is 25.4 Å². The second-order valence-electron chi connectivity index (χ2n) is 5.76. The third-order valence-electron chi connectivity index (χ3n) is 4.43. The van der Waals surface area contributed by atoms with Crippen LogP contribution in [0.15, 0.2) is 12.5 Å². The molecule has 20 heavy (non-hydrogen) atoms. The van der Waals surface area contributed by atoms with Crippen LogP contribution in [-0.2, 0) is 14.6 Å². The van der Waals surface area contributed by atoms with Crippen molar-refractivity contribution in [2.45, 2.75) is 31.3 Å². The zero-order chi connectivity index (χ0) is 14.2. The first-order chi connectivity index (χ1) is 9.57. The van der Waals surface area contributed by atoms with Crippen LogP contribution < -0.4 is 5.73 Å². The molecule has 3 heterocycles. The Hall–Kier alpha value is -0.920. The molecule has 0 bridgehead atoms. The minimum atomic E-state index is -2.84. The number of sulfone groups is 1. The molecule has 112 valence electrons. The SMILES string of the molecule is NC(c1cncn1C1CCS(=O)(=O)CC1)C1CCOC1. The van der Waals surface area contributed by atoms with Gasteiger partial charge in [-0.15, -0.1) is 0 Å². The Kier molecular flexibility index (Phi) is 3.83. The number of aromatic nitrogens is 2. The number of nitrogens with zero attached hydrogens (tertiary/aromatic N) is 2. The van der Waals surface area contributed by atoms with Crippen molar-refractivity contribution < 1.29 is 13.2 Å². The highest BCUT2D eigenvalue weighted by Gasteiger charge is 2.30. The van der Waals surface area contributed by atoms with Gasteiger partial charge in [0, 0.05) is 24.8 Å². The molecule has 0 spiro atoms. The van der Waals surface area contributed by atoms with Crippen LogP contribution in [0, 0.1) is 5.92 Å². The van der Waals surface area contributed by atoms with Gasteiger partial charge in [0.1, 0.15) is 9.84 Å². The maximum absolute atomic E-state index is 11.5. The van der Waals surface area contributed by atoms with Gasteiger partial charge in [-0.3, -0.25) is 0 Å². The topological polar surface area (TPSA) is 87.2 Å². The molecule has 3 rings (SSSR count). The minimum Gasteiger partial charge on any atom is -0.381 e. The van der Waals surface area contributed by atoms with Crippen molar-refractivity contribution in [2.24, 2.45) is 11.7 Å². The van der Waals surface area contributed by atoms with Gasteiger partial charge in [-0.05, 0) is 19.3 Å². The number of nitrogens with two attached hydrogens (primary N) is 1. The number of ether oxygens (including phenoxy) is 1. The fourth-order valence-electron chi connectivity index (χ4n) is 3.11. The van der Waals surface area contributed by atoms with Gasteiger partial charge in [0.2, 0.25) is 0 Å². The van der Waals surface area contributed by atoms with Gasteiger partial charge in [0.05, 0.1) is 36.2 Å². The molecule has 0 saturated carbocycles. The molecule has 6 nitrogen and oxygen atoms in total. The maximum atomic E-state index is 11.5. The second-order valence-corrected chi connectivity index (χ2v) is 8.06. The van der Waals surface area contributed by atoms with E-state index >= 15 is 0 Å². The zero-order valence-electron chi connectivity index (χ0n) is 11.4. The molecular formula is C13H21N3O3S. The highest BCUT2D eigenvalue weighted by atomic mass is 32.2. The fraction of sp³-hybridized carbons (Fsp3) is 0.769. The largest absolute Gasteiger partial charge is 0.381 e. The molecule has 2 fully saturated rings. The molecule has 2 atom stereocenters. The summed E-state index contributed by atoms with van der Waals surface area (Å²) in [7, 11) is -2.84. The summed E-state index contributed by atoms with van der Waals surface area (Å²) in [5, 5.41) is 0. The smallest absolute Gasteiger partial charge is 0.150 e. The van der Waals surface area contributed by atoms with Crippen LogP contribution in [0.25, 0.3) is 0 Å². The fourth-order valence-corrected chi connectivity index (χ4v) is 4.58. The Morgan fingerprint density at radius 3 is 2.75 bits per heavy atom. The van der Waals surface area contributed by atoms with Crippen molar-refractivity contribution in [2.75, 3.05) is 24.7 Å². The van der Waals surface area contributed by atoms with E-state index in [4.69, 9.17) is 10.5 Å². The highest BCUT2D eigenvalue weighted by Crippen LogP contribution is 2.31. The third kappa shape index (κ3) is 2.75. The van der Waals surface area contributed by atoms with E-state index in [2.05, 4.69) is 9.55 Å². The maximum Gasteiger partial charge on any atom is 0.150 e. The lowest BCUT2D eigenvalue weighted by Gasteiger charge is -2.27. The Balaban J connectivity index is 1.76. The number of hydrogen-bond acceptors (Lipinski definition) is 5. The van der Waals surface area contributed by atoms with E-state index in [9.17, 15) is 8.42 Å². The van der Waals surface area contributed by atoms with Crippen molar-refractivity contribution in [3.8, 4) is 0 Å². The lowest BCUT2D eigenvalue weighted by Crippen LogP contribution is -2.29. The van der Waals surface area contributed by atoms with Gasteiger partial charge >= 0.3 is 0 Å². The standard InChI is InChI=1S/C13H21N3O3S/c14-13(10-1-4-19-8-10)12-7-15-9-16(12)11-2-5-20(17,18)6-3-11/h7,9-11,13H,1-6,8,14H2. The van der Waals surface area contributed by atoms with Crippen molar-refractivity contribution in [3.05, 3.63) is 18.2 Å². The molecular weight excluding hydrogens is 278 g/mol. The average Bonchev–Trinajstić information content (AvgIpc) is 3.09. The van der Waals surface area contributed by atoms with E-state index in [-0.39, 0.29) is 23.6 Å². The van der Waals surface area contributed by atoms with Crippen LogP contribution >= 0.6 is 0 Å². The third-order valence-corrected chi connectivity index (χ3v) is 6.14. The van der Waals surface area contributed by atoms with Gasteiger partial charge < -0.3 is 15.0 Å². The highest BCUT2D eigenvalue weighted by molar-refractivity contribution is 7.91.